The summed E-state index contributed by atoms with van der Waals surface area (Å²) in [5, 5.41) is 3.02. The van der Waals surface area contributed by atoms with Crippen LogP contribution in [0.1, 0.15) is 11.1 Å². The number of hydrogen-bond acceptors (Lipinski definition) is 3. The van der Waals surface area contributed by atoms with Crippen molar-refractivity contribution in [2.45, 2.75) is 13.5 Å². The number of aryl methyl sites for hydroxylation is 1. The van der Waals surface area contributed by atoms with Gasteiger partial charge in [-0.1, -0.05) is 30.3 Å². The minimum Gasteiger partial charge on any atom is -0.408 e. The van der Waals surface area contributed by atoms with E-state index in [-0.39, 0.29) is 5.82 Å². The average molecular weight is 272 g/mol. The van der Waals surface area contributed by atoms with Gasteiger partial charge in [0.2, 0.25) is 0 Å². The lowest BCUT2D eigenvalue weighted by Gasteiger charge is -2.09. The number of H-pyrrole nitrogens is 1. The van der Waals surface area contributed by atoms with Crippen LogP contribution in [0.25, 0.3) is 11.1 Å². The first-order chi connectivity index (χ1) is 9.65. The van der Waals surface area contributed by atoms with Crippen LogP contribution in [0.2, 0.25) is 0 Å². The number of nitrogens with one attached hydrogen (secondary N) is 2. The third-order valence-electron chi connectivity index (χ3n) is 3.22. The third-order valence-corrected chi connectivity index (χ3v) is 3.22. The zero-order valence-corrected chi connectivity index (χ0v) is 10.9. The predicted octanol–water partition coefficient (Wildman–Crippen LogP) is 3.18. The fourth-order valence-electron chi connectivity index (χ4n) is 2.15. The van der Waals surface area contributed by atoms with Crippen molar-refractivity contribution >= 4 is 16.8 Å². The van der Waals surface area contributed by atoms with Gasteiger partial charge in [-0.3, -0.25) is 4.98 Å². The van der Waals surface area contributed by atoms with Gasteiger partial charge in [0.15, 0.2) is 11.4 Å². The molecule has 3 aromatic rings. The molecule has 3 rings (SSSR count). The van der Waals surface area contributed by atoms with E-state index in [0.717, 1.165) is 5.56 Å². The summed E-state index contributed by atoms with van der Waals surface area (Å²) in [5.41, 5.74) is 2.48. The van der Waals surface area contributed by atoms with E-state index >= 15 is 0 Å². The molecule has 0 amide bonds. The molecule has 0 saturated carbocycles. The number of halogens is 1. The highest BCUT2D eigenvalue weighted by Gasteiger charge is 2.13. The molecule has 0 radical (unpaired) electrons. The predicted molar refractivity (Wildman–Crippen MR) is 75.3 cm³/mol. The minimum absolute atomic E-state index is 0.321. The van der Waals surface area contributed by atoms with E-state index in [9.17, 15) is 9.18 Å². The zero-order chi connectivity index (χ0) is 14.1. The molecule has 0 aliphatic carbocycles. The number of benzene rings is 2. The number of rotatable bonds is 3. The van der Waals surface area contributed by atoms with Crippen LogP contribution < -0.4 is 11.1 Å². The van der Waals surface area contributed by atoms with Crippen LogP contribution in [0, 0.1) is 12.7 Å². The number of aromatic amines is 1. The maximum atomic E-state index is 14.2. The van der Waals surface area contributed by atoms with Crippen molar-refractivity contribution in [1.82, 2.24) is 4.98 Å². The standard InChI is InChI=1S/C15H13FN2O2/c1-9-13(16)11(7-12-14(9)18-15(19)20-12)17-8-10-5-3-2-4-6-10/h2-7,17H,8H2,1H3,(H,18,19). The number of oxazole rings is 1. The van der Waals surface area contributed by atoms with Crippen molar-refractivity contribution in [3.05, 3.63) is 63.9 Å². The maximum absolute atomic E-state index is 14.2. The van der Waals surface area contributed by atoms with Gasteiger partial charge in [0.1, 0.15) is 0 Å². The van der Waals surface area contributed by atoms with Crippen molar-refractivity contribution in [3.8, 4) is 0 Å². The fraction of sp³-hybridized carbons (Fsp3) is 0.133. The van der Waals surface area contributed by atoms with Crippen LogP contribution >= 0.6 is 0 Å². The maximum Gasteiger partial charge on any atom is 0.417 e. The van der Waals surface area contributed by atoms with Crippen molar-refractivity contribution < 1.29 is 8.81 Å². The topological polar surface area (TPSA) is 58.0 Å². The summed E-state index contributed by atoms with van der Waals surface area (Å²) in [6, 6.07) is 11.2. The van der Waals surface area contributed by atoms with Crippen LogP contribution in [0.3, 0.4) is 0 Å². The monoisotopic (exact) mass is 272 g/mol. The fourth-order valence-corrected chi connectivity index (χ4v) is 2.15. The number of hydrogen-bond donors (Lipinski definition) is 2. The first-order valence-electron chi connectivity index (χ1n) is 6.25. The second-order valence-electron chi connectivity index (χ2n) is 4.59. The molecule has 0 spiro atoms. The van der Waals surface area contributed by atoms with Gasteiger partial charge in [0.05, 0.1) is 11.2 Å². The lowest BCUT2D eigenvalue weighted by Crippen LogP contribution is -2.02. The normalized spacial score (nSPS) is 10.9. The Balaban J connectivity index is 1.95. The quantitative estimate of drug-likeness (QED) is 0.770. The Kier molecular flexibility index (Phi) is 3.02. The molecule has 2 N–H and O–H groups in total. The van der Waals surface area contributed by atoms with Crippen LogP contribution in [0.5, 0.6) is 0 Å². The van der Waals surface area contributed by atoms with Crippen LogP contribution in [0.15, 0.2) is 45.6 Å². The van der Waals surface area contributed by atoms with Gasteiger partial charge in [0, 0.05) is 18.2 Å². The van der Waals surface area contributed by atoms with Gasteiger partial charge >= 0.3 is 5.76 Å². The van der Waals surface area contributed by atoms with Gasteiger partial charge in [-0.25, -0.2) is 9.18 Å². The Morgan fingerprint density at radius 2 is 2.05 bits per heavy atom. The van der Waals surface area contributed by atoms with Crippen LogP contribution in [-0.2, 0) is 6.54 Å². The Labute approximate surface area is 114 Å². The molecule has 0 atom stereocenters. The Morgan fingerprint density at radius 1 is 1.30 bits per heavy atom. The third kappa shape index (κ3) is 2.18. The Hall–Kier alpha value is -2.56. The highest BCUT2D eigenvalue weighted by Crippen LogP contribution is 2.26. The molecular weight excluding hydrogens is 259 g/mol. The van der Waals surface area contributed by atoms with Gasteiger partial charge in [-0.2, -0.15) is 0 Å². The SMILES string of the molecule is Cc1c(F)c(NCc2ccccc2)cc2oc(=O)[nH]c12. The second-order valence-corrected chi connectivity index (χ2v) is 4.59. The molecule has 0 unspecified atom stereocenters. The van der Waals surface area contributed by atoms with Crippen molar-refractivity contribution in [2.24, 2.45) is 0 Å². The molecule has 0 bridgehead atoms. The molecule has 2 aromatic carbocycles. The van der Waals surface area contributed by atoms with Crippen LogP contribution in [-0.4, -0.2) is 4.98 Å². The van der Waals surface area contributed by atoms with Crippen molar-refractivity contribution in [1.29, 1.82) is 0 Å². The average Bonchev–Trinajstić information content (AvgIpc) is 2.83. The van der Waals surface area contributed by atoms with E-state index in [4.69, 9.17) is 4.42 Å². The molecule has 0 aliphatic heterocycles. The number of fused-ring (bicyclic) bond motifs is 1. The van der Waals surface area contributed by atoms with E-state index in [2.05, 4.69) is 10.3 Å². The molecular formula is C15H13FN2O2. The van der Waals surface area contributed by atoms with Gasteiger partial charge in [-0.15, -0.1) is 0 Å². The van der Waals surface area contributed by atoms with E-state index in [1.807, 2.05) is 30.3 Å². The summed E-state index contributed by atoms with van der Waals surface area (Å²) in [7, 11) is 0. The van der Waals surface area contributed by atoms with Gasteiger partial charge < -0.3 is 9.73 Å². The minimum atomic E-state index is -0.581. The highest BCUT2D eigenvalue weighted by molar-refractivity contribution is 5.81. The van der Waals surface area contributed by atoms with E-state index < -0.39 is 5.76 Å². The molecule has 102 valence electrons. The first kappa shape index (κ1) is 12.5. The molecule has 0 aliphatic rings. The molecule has 20 heavy (non-hydrogen) atoms. The Bertz CT molecular complexity index is 806. The molecule has 1 aromatic heterocycles. The summed E-state index contributed by atoms with van der Waals surface area (Å²) in [6.07, 6.45) is 0. The van der Waals surface area contributed by atoms with E-state index in [0.29, 0.717) is 28.9 Å². The van der Waals surface area contributed by atoms with Crippen molar-refractivity contribution in [3.63, 3.8) is 0 Å². The molecule has 1 heterocycles. The lowest BCUT2D eigenvalue weighted by molar-refractivity contribution is 0.554. The molecule has 0 fully saturated rings. The van der Waals surface area contributed by atoms with Gasteiger partial charge in [-0.05, 0) is 12.5 Å². The summed E-state index contributed by atoms with van der Waals surface area (Å²) >= 11 is 0. The van der Waals surface area contributed by atoms with E-state index in [1.54, 1.807) is 6.92 Å². The second kappa shape index (κ2) is 4.85. The molecule has 4 nitrogen and oxygen atoms in total. The summed E-state index contributed by atoms with van der Waals surface area (Å²) in [4.78, 5) is 13.7. The van der Waals surface area contributed by atoms with Crippen LogP contribution in [0.4, 0.5) is 10.1 Å². The highest BCUT2D eigenvalue weighted by atomic mass is 19.1. The lowest BCUT2D eigenvalue weighted by atomic mass is 10.1. The molecule has 0 saturated heterocycles. The van der Waals surface area contributed by atoms with E-state index in [1.165, 1.54) is 6.07 Å². The zero-order valence-electron chi connectivity index (χ0n) is 10.9. The number of aromatic nitrogens is 1. The first-order valence-corrected chi connectivity index (χ1v) is 6.25. The summed E-state index contributed by atoms with van der Waals surface area (Å²) in [5.74, 6) is -0.965. The smallest absolute Gasteiger partial charge is 0.408 e. The number of anilines is 1. The van der Waals surface area contributed by atoms with Gasteiger partial charge in [0.25, 0.3) is 0 Å². The molecule has 5 heteroatoms. The van der Waals surface area contributed by atoms with Crippen molar-refractivity contribution in [2.75, 3.05) is 5.32 Å². The summed E-state index contributed by atoms with van der Waals surface area (Å²) < 4.78 is 19.2. The largest absolute Gasteiger partial charge is 0.417 e. The summed E-state index contributed by atoms with van der Waals surface area (Å²) in [6.45, 7) is 2.11. The Morgan fingerprint density at radius 3 is 2.80 bits per heavy atom.